The number of hydrogen-bond acceptors (Lipinski definition) is 3. The van der Waals surface area contributed by atoms with Gasteiger partial charge in [0.15, 0.2) is 5.82 Å². The summed E-state index contributed by atoms with van der Waals surface area (Å²) in [6.45, 7) is 4.42. The van der Waals surface area contributed by atoms with E-state index in [0.717, 1.165) is 35.5 Å². The first-order chi connectivity index (χ1) is 12.8. The van der Waals surface area contributed by atoms with Gasteiger partial charge >= 0.3 is 0 Å². The molecule has 2 heterocycles. The molecule has 3 aromatic rings. The second-order valence-electron chi connectivity index (χ2n) is 6.75. The summed E-state index contributed by atoms with van der Waals surface area (Å²) in [5.41, 5.74) is 5.66. The molecular weight excluding hydrogens is 318 g/mol. The van der Waals surface area contributed by atoms with E-state index in [1.54, 1.807) is 0 Å². The lowest BCUT2D eigenvalue weighted by molar-refractivity contribution is 0.714. The summed E-state index contributed by atoms with van der Waals surface area (Å²) in [6.07, 6.45) is 12.8. The highest BCUT2D eigenvalue weighted by Gasteiger charge is 2.05. The van der Waals surface area contributed by atoms with E-state index in [1.807, 2.05) is 30.7 Å². The number of unbranched alkanes of at least 4 members (excludes halogenated alkanes) is 2. The van der Waals surface area contributed by atoms with Crippen molar-refractivity contribution >= 4 is 0 Å². The molecule has 0 saturated heterocycles. The highest BCUT2D eigenvalue weighted by atomic mass is 14.9. The Balaban J connectivity index is 1.68. The predicted molar refractivity (Wildman–Crippen MR) is 108 cm³/mol. The summed E-state index contributed by atoms with van der Waals surface area (Å²) in [4.78, 5) is 13.6. The summed E-state index contributed by atoms with van der Waals surface area (Å²) >= 11 is 0. The van der Waals surface area contributed by atoms with Crippen molar-refractivity contribution in [3.8, 4) is 22.6 Å². The summed E-state index contributed by atoms with van der Waals surface area (Å²) in [7, 11) is 0. The van der Waals surface area contributed by atoms with Crippen molar-refractivity contribution in [1.29, 1.82) is 0 Å². The average molecular weight is 345 g/mol. The third-order valence-corrected chi connectivity index (χ3v) is 4.58. The van der Waals surface area contributed by atoms with Crippen LogP contribution in [-0.2, 0) is 12.8 Å². The molecule has 0 radical (unpaired) electrons. The smallest absolute Gasteiger partial charge is 0.160 e. The minimum atomic E-state index is 0.738. The Morgan fingerprint density at radius 1 is 0.615 bits per heavy atom. The van der Waals surface area contributed by atoms with Gasteiger partial charge in [-0.2, -0.15) is 0 Å². The highest BCUT2D eigenvalue weighted by Crippen LogP contribution is 2.21. The lowest BCUT2D eigenvalue weighted by atomic mass is 10.1. The largest absolute Gasteiger partial charge is 0.255 e. The average Bonchev–Trinajstić information content (AvgIpc) is 2.70. The minimum absolute atomic E-state index is 0.738. The molecule has 134 valence electrons. The molecule has 0 aliphatic carbocycles. The normalized spacial score (nSPS) is 10.8. The maximum atomic E-state index is 4.60. The van der Waals surface area contributed by atoms with E-state index in [1.165, 1.54) is 36.8 Å². The van der Waals surface area contributed by atoms with E-state index in [0.29, 0.717) is 0 Å². The Morgan fingerprint density at radius 3 is 1.96 bits per heavy atom. The van der Waals surface area contributed by atoms with Gasteiger partial charge in [-0.1, -0.05) is 57.4 Å². The Labute approximate surface area is 156 Å². The molecular formula is C23H27N3. The topological polar surface area (TPSA) is 38.7 Å². The lowest BCUT2D eigenvalue weighted by Crippen LogP contribution is -1.94. The van der Waals surface area contributed by atoms with E-state index < -0.39 is 0 Å². The van der Waals surface area contributed by atoms with Crippen molar-refractivity contribution in [3.05, 3.63) is 66.1 Å². The first-order valence-electron chi connectivity index (χ1n) is 9.66. The van der Waals surface area contributed by atoms with Crippen LogP contribution >= 0.6 is 0 Å². The number of aromatic nitrogens is 3. The number of pyridine rings is 1. The Morgan fingerprint density at radius 2 is 1.35 bits per heavy atom. The Hall–Kier alpha value is -2.55. The van der Waals surface area contributed by atoms with Gasteiger partial charge in [-0.05, 0) is 42.5 Å². The van der Waals surface area contributed by atoms with Gasteiger partial charge in [0.05, 0.1) is 5.69 Å². The van der Waals surface area contributed by atoms with Crippen molar-refractivity contribution in [3.63, 3.8) is 0 Å². The van der Waals surface area contributed by atoms with Gasteiger partial charge in [-0.25, -0.2) is 9.97 Å². The Bertz CT molecular complexity index is 790. The molecule has 0 bridgehead atoms. The first-order valence-corrected chi connectivity index (χ1v) is 9.66. The van der Waals surface area contributed by atoms with Crippen molar-refractivity contribution in [1.82, 2.24) is 15.0 Å². The zero-order valence-electron chi connectivity index (χ0n) is 15.8. The zero-order chi connectivity index (χ0) is 18.2. The molecule has 0 N–H and O–H groups in total. The fraction of sp³-hybridized carbons (Fsp3) is 0.348. The SMILES string of the molecule is CCCCCc1cnc(-c2ccc(-c3ccc(CCC)cc3)nc2)nc1. The monoisotopic (exact) mass is 345 g/mol. The number of aryl methyl sites for hydroxylation is 2. The van der Waals surface area contributed by atoms with Crippen LogP contribution in [0.5, 0.6) is 0 Å². The molecule has 3 heteroatoms. The van der Waals surface area contributed by atoms with Crippen LogP contribution in [0.3, 0.4) is 0 Å². The summed E-state index contributed by atoms with van der Waals surface area (Å²) in [5.74, 6) is 0.738. The highest BCUT2D eigenvalue weighted by molar-refractivity contribution is 5.63. The van der Waals surface area contributed by atoms with Gasteiger partial charge in [0.1, 0.15) is 0 Å². The minimum Gasteiger partial charge on any atom is -0.255 e. The molecule has 0 saturated carbocycles. The van der Waals surface area contributed by atoms with Crippen LogP contribution in [0.2, 0.25) is 0 Å². The number of benzene rings is 1. The third-order valence-electron chi connectivity index (χ3n) is 4.58. The molecule has 0 fully saturated rings. The van der Waals surface area contributed by atoms with Crippen molar-refractivity contribution < 1.29 is 0 Å². The van der Waals surface area contributed by atoms with Crippen LogP contribution in [0.1, 0.15) is 50.7 Å². The fourth-order valence-corrected chi connectivity index (χ4v) is 3.04. The summed E-state index contributed by atoms with van der Waals surface area (Å²) < 4.78 is 0. The van der Waals surface area contributed by atoms with E-state index >= 15 is 0 Å². The van der Waals surface area contributed by atoms with Crippen LogP contribution in [0, 0.1) is 0 Å². The number of hydrogen-bond donors (Lipinski definition) is 0. The van der Waals surface area contributed by atoms with E-state index in [2.05, 4.69) is 53.1 Å². The second kappa shape index (κ2) is 9.23. The van der Waals surface area contributed by atoms with E-state index in [4.69, 9.17) is 0 Å². The molecule has 0 unspecified atom stereocenters. The summed E-state index contributed by atoms with van der Waals surface area (Å²) in [6, 6.07) is 12.8. The zero-order valence-corrected chi connectivity index (χ0v) is 15.8. The predicted octanol–water partition coefficient (Wildman–Crippen LogP) is 5.89. The maximum absolute atomic E-state index is 4.60. The van der Waals surface area contributed by atoms with Gasteiger partial charge in [-0.15, -0.1) is 0 Å². The molecule has 26 heavy (non-hydrogen) atoms. The molecule has 3 nitrogen and oxygen atoms in total. The summed E-state index contributed by atoms with van der Waals surface area (Å²) in [5, 5.41) is 0. The number of nitrogens with zero attached hydrogens (tertiary/aromatic N) is 3. The van der Waals surface area contributed by atoms with Crippen molar-refractivity contribution in [2.24, 2.45) is 0 Å². The second-order valence-corrected chi connectivity index (χ2v) is 6.75. The van der Waals surface area contributed by atoms with Gasteiger partial charge in [0.2, 0.25) is 0 Å². The Kier molecular flexibility index (Phi) is 6.48. The molecule has 1 aromatic carbocycles. The van der Waals surface area contributed by atoms with Crippen LogP contribution in [-0.4, -0.2) is 15.0 Å². The quantitative estimate of drug-likeness (QED) is 0.478. The van der Waals surface area contributed by atoms with E-state index in [9.17, 15) is 0 Å². The maximum Gasteiger partial charge on any atom is 0.160 e. The lowest BCUT2D eigenvalue weighted by Gasteiger charge is -2.05. The molecule has 0 spiro atoms. The molecule has 0 amide bonds. The van der Waals surface area contributed by atoms with Gasteiger partial charge in [0, 0.05) is 29.7 Å². The van der Waals surface area contributed by atoms with Gasteiger partial charge in [-0.3, -0.25) is 4.98 Å². The molecule has 3 rings (SSSR count). The van der Waals surface area contributed by atoms with Crippen LogP contribution in [0.15, 0.2) is 55.0 Å². The van der Waals surface area contributed by atoms with Crippen molar-refractivity contribution in [2.45, 2.75) is 52.4 Å². The van der Waals surface area contributed by atoms with Crippen LogP contribution in [0.25, 0.3) is 22.6 Å². The van der Waals surface area contributed by atoms with Crippen LogP contribution in [0.4, 0.5) is 0 Å². The fourth-order valence-electron chi connectivity index (χ4n) is 3.04. The van der Waals surface area contributed by atoms with Crippen LogP contribution < -0.4 is 0 Å². The number of rotatable bonds is 8. The standard InChI is InChI=1S/C23H27N3/c1-3-5-6-8-19-15-25-23(26-16-19)21-13-14-22(24-17-21)20-11-9-18(7-4-2)10-12-20/h9-17H,3-8H2,1-2H3. The molecule has 0 atom stereocenters. The molecule has 0 aliphatic rings. The first kappa shape index (κ1) is 18.2. The molecule has 2 aromatic heterocycles. The molecule has 0 aliphatic heterocycles. The van der Waals surface area contributed by atoms with Gasteiger partial charge < -0.3 is 0 Å². The van der Waals surface area contributed by atoms with E-state index in [-0.39, 0.29) is 0 Å². The van der Waals surface area contributed by atoms with Crippen molar-refractivity contribution in [2.75, 3.05) is 0 Å². The van der Waals surface area contributed by atoms with Gasteiger partial charge in [0.25, 0.3) is 0 Å². The third kappa shape index (κ3) is 4.75.